The van der Waals surface area contributed by atoms with Crippen LogP contribution in [0.5, 0.6) is 0 Å². The third-order valence-corrected chi connectivity index (χ3v) is 3.08. The molecule has 1 aliphatic heterocycles. The zero-order valence-corrected chi connectivity index (χ0v) is 10.1. The average Bonchev–Trinajstić information content (AvgIpc) is 2.61. The van der Waals surface area contributed by atoms with Crippen molar-refractivity contribution >= 4 is 5.91 Å². The number of carbonyl (C=O) groups is 1. The molecule has 17 heavy (non-hydrogen) atoms. The van der Waals surface area contributed by atoms with Gasteiger partial charge in [-0.1, -0.05) is 13.3 Å². The third kappa shape index (κ3) is 3.92. The molecule has 4 unspecified atom stereocenters. The van der Waals surface area contributed by atoms with Crippen molar-refractivity contribution < 1.29 is 20.1 Å². The first-order chi connectivity index (χ1) is 8.10. The summed E-state index contributed by atoms with van der Waals surface area (Å²) in [5.41, 5.74) is 0. The number of carbonyl (C=O) groups excluding carboxylic acids is 1. The SMILES string of the molecule is CCCCC(=O)NCC1NC(CO)C(O)C1O. The van der Waals surface area contributed by atoms with Crippen LogP contribution in [0.2, 0.25) is 0 Å². The molecule has 1 amide bonds. The summed E-state index contributed by atoms with van der Waals surface area (Å²) in [5.74, 6) is -0.0530. The standard InChI is InChI=1S/C11H22N2O4/c1-2-3-4-9(15)12-5-7-10(16)11(17)8(6-14)13-7/h7-8,10-11,13-14,16-17H,2-6H2,1H3,(H,12,15). The number of unbranched alkanes of at least 4 members (excludes halogenated alkanes) is 1. The normalized spacial score (nSPS) is 32.7. The van der Waals surface area contributed by atoms with Crippen LogP contribution in [0.25, 0.3) is 0 Å². The van der Waals surface area contributed by atoms with Crippen LogP contribution in [-0.2, 0) is 4.79 Å². The lowest BCUT2D eigenvalue weighted by atomic mass is 10.1. The van der Waals surface area contributed by atoms with Crippen LogP contribution < -0.4 is 10.6 Å². The molecule has 1 rings (SSSR count). The summed E-state index contributed by atoms with van der Waals surface area (Å²) in [7, 11) is 0. The Labute approximate surface area is 101 Å². The van der Waals surface area contributed by atoms with Gasteiger partial charge in [-0.2, -0.15) is 0 Å². The predicted molar refractivity (Wildman–Crippen MR) is 62.3 cm³/mol. The second kappa shape index (κ2) is 6.90. The maximum atomic E-state index is 11.4. The van der Waals surface area contributed by atoms with Crippen molar-refractivity contribution in [1.29, 1.82) is 0 Å². The van der Waals surface area contributed by atoms with E-state index in [0.29, 0.717) is 6.42 Å². The Morgan fingerprint density at radius 1 is 1.29 bits per heavy atom. The lowest BCUT2D eigenvalue weighted by Crippen LogP contribution is -2.44. The molecule has 1 saturated heterocycles. The fraction of sp³-hybridized carbons (Fsp3) is 0.909. The Bertz CT molecular complexity index is 250. The molecule has 0 aromatic heterocycles. The second-order valence-electron chi connectivity index (χ2n) is 4.45. The van der Waals surface area contributed by atoms with Crippen LogP contribution in [0, 0.1) is 0 Å². The van der Waals surface area contributed by atoms with Crippen LogP contribution in [0.1, 0.15) is 26.2 Å². The highest BCUT2D eigenvalue weighted by Gasteiger charge is 2.40. The van der Waals surface area contributed by atoms with Gasteiger partial charge in [0.15, 0.2) is 0 Å². The maximum absolute atomic E-state index is 11.4. The highest BCUT2D eigenvalue weighted by atomic mass is 16.3. The van der Waals surface area contributed by atoms with Gasteiger partial charge in [0.1, 0.15) is 0 Å². The topological polar surface area (TPSA) is 102 Å². The molecule has 4 atom stereocenters. The molecular formula is C11H22N2O4. The third-order valence-electron chi connectivity index (χ3n) is 3.08. The van der Waals surface area contributed by atoms with E-state index in [4.69, 9.17) is 5.11 Å². The highest BCUT2D eigenvalue weighted by molar-refractivity contribution is 5.75. The summed E-state index contributed by atoms with van der Waals surface area (Å²) in [6, 6.07) is -0.935. The van der Waals surface area contributed by atoms with Gasteiger partial charge in [0, 0.05) is 13.0 Å². The van der Waals surface area contributed by atoms with Gasteiger partial charge in [-0.15, -0.1) is 0 Å². The van der Waals surface area contributed by atoms with Crippen LogP contribution in [0.4, 0.5) is 0 Å². The number of hydrogen-bond acceptors (Lipinski definition) is 5. The summed E-state index contributed by atoms with van der Waals surface area (Å²) < 4.78 is 0. The summed E-state index contributed by atoms with van der Waals surface area (Å²) in [6.45, 7) is 2.04. The van der Waals surface area contributed by atoms with Gasteiger partial charge in [-0.3, -0.25) is 4.79 Å². The molecular weight excluding hydrogens is 224 g/mol. The molecule has 1 fully saturated rings. The molecule has 0 saturated carbocycles. The molecule has 1 heterocycles. The molecule has 0 aromatic carbocycles. The predicted octanol–water partition coefficient (Wildman–Crippen LogP) is -1.65. The Kier molecular flexibility index (Phi) is 5.84. The maximum Gasteiger partial charge on any atom is 0.220 e. The van der Waals surface area contributed by atoms with E-state index >= 15 is 0 Å². The molecule has 100 valence electrons. The quantitative estimate of drug-likeness (QED) is 0.386. The fourth-order valence-electron chi connectivity index (χ4n) is 1.94. The molecule has 0 spiro atoms. The van der Waals surface area contributed by atoms with E-state index in [2.05, 4.69) is 10.6 Å². The van der Waals surface area contributed by atoms with Gasteiger partial charge >= 0.3 is 0 Å². The highest BCUT2D eigenvalue weighted by Crippen LogP contribution is 2.13. The Balaban J connectivity index is 2.30. The van der Waals surface area contributed by atoms with Crippen molar-refractivity contribution in [2.75, 3.05) is 13.2 Å². The van der Waals surface area contributed by atoms with Crippen LogP contribution >= 0.6 is 0 Å². The number of nitrogens with one attached hydrogen (secondary N) is 2. The van der Waals surface area contributed by atoms with Crippen molar-refractivity contribution in [2.45, 2.75) is 50.5 Å². The van der Waals surface area contributed by atoms with E-state index < -0.39 is 24.3 Å². The second-order valence-corrected chi connectivity index (χ2v) is 4.45. The minimum Gasteiger partial charge on any atom is -0.395 e. The van der Waals surface area contributed by atoms with Crippen molar-refractivity contribution in [3.8, 4) is 0 Å². The monoisotopic (exact) mass is 246 g/mol. The molecule has 0 radical (unpaired) electrons. The van der Waals surface area contributed by atoms with Gasteiger partial charge in [0.05, 0.1) is 30.9 Å². The van der Waals surface area contributed by atoms with Crippen molar-refractivity contribution in [1.82, 2.24) is 10.6 Å². The van der Waals surface area contributed by atoms with Crippen molar-refractivity contribution in [2.24, 2.45) is 0 Å². The van der Waals surface area contributed by atoms with E-state index in [1.165, 1.54) is 0 Å². The van der Waals surface area contributed by atoms with Crippen molar-refractivity contribution in [3.05, 3.63) is 0 Å². The van der Waals surface area contributed by atoms with Crippen LogP contribution in [0.3, 0.4) is 0 Å². The Morgan fingerprint density at radius 3 is 2.47 bits per heavy atom. The van der Waals surface area contributed by atoms with E-state index in [1.54, 1.807) is 0 Å². The molecule has 0 aromatic rings. The van der Waals surface area contributed by atoms with Gasteiger partial charge in [-0.25, -0.2) is 0 Å². The largest absolute Gasteiger partial charge is 0.395 e. The Hall–Kier alpha value is -0.690. The first-order valence-electron chi connectivity index (χ1n) is 6.09. The first-order valence-corrected chi connectivity index (χ1v) is 6.09. The number of amides is 1. The van der Waals surface area contributed by atoms with Gasteiger partial charge < -0.3 is 26.0 Å². The number of hydrogen-bond donors (Lipinski definition) is 5. The summed E-state index contributed by atoms with van der Waals surface area (Å²) in [6.07, 6.45) is 0.332. The van der Waals surface area contributed by atoms with E-state index in [9.17, 15) is 15.0 Å². The van der Waals surface area contributed by atoms with Gasteiger partial charge in [0.25, 0.3) is 0 Å². The minimum atomic E-state index is -0.988. The van der Waals surface area contributed by atoms with Crippen LogP contribution in [0.15, 0.2) is 0 Å². The fourth-order valence-corrected chi connectivity index (χ4v) is 1.94. The number of aliphatic hydroxyl groups is 3. The summed E-state index contributed by atoms with van der Waals surface area (Å²) >= 11 is 0. The number of aliphatic hydroxyl groups excluding tert-OH is 3. The van der Waals surface area contributed by atoms with E-state index in [-0.39, 0.29) is 19.1 Å². The van der Waals surface area contributed by atoms with Crippen LogP contribution in [-0.4, -0.2) is 58.7 Å². The molecule has 6 heteroatoms. The summed E-state index contributed by atoms with van der Waals surface area (Å²) in [5, 5.41) is 33.8. The van der Waals surface area contributed by atoms with Crippen molar-refractivity contribution in [3.63, 3.8) is 0 Å². The summed E-state index contributed by atoms with van der Waals surface area (Å²) in [4.78, 5) is 11.4. The minimum absolute atomic E-state index is 0.0530. The molecule has 0 bridgehead atoms. The molecule has 1 aliphatic rings. The molecule has 6 nitrogen and oxygen atoms in total. The number of rotatable bonds is 6. The lowest BCUT2D eigenvalue weighted by molar-refractivity contribution is -0.121. The van der Waals surface area contributed by atoms with E-state index in [1.807, 2.05) is 6.92 Å². The van der Waals surface area contributed by atoms with Gasteiger partial charge in [-0.05, 0) is 6.42 Å². The Morgan fingerprint density at radius 2 is 1.94 bits per heavy atom. The first kappa shape index (κ1) is 14.4. The zero-order valence-electron chi connectivity index (χ0n) is 10.1. The smallest absolute Gasteiger partial charge is 0.220 e. The lowest BCUT2D eigenvalue weighted by Gasteiger charge is -2.16. The zero-order chi connectivity index (χ0) is 12.8. The van der Waals surface area contributed by atoms with E-state index in [0.717, 1.165) is 12.8 Å². The average molecular weight is 246 g/mol. The molecule has 5 N–H and O–H groups in total. The van der Waals surface area contributed by atoms with Gasteiger partial charge in [0.2, 0.25) is 5.91 Å². The molecule has 0 aliphatic carbocycles.